The molecule has 0 atom stereocenters. The zero-order valence-electron chi connectivity index (χ0n) is 13.6. The zero-order valence-corrected chi connectivity index (χ0v) is 14.4. The van der Waals surface area contributed by atoms with E-state index in [0.29, 0.717) is 23.3 Å². The van der Waals surface area contributed by atoms with Crippen LogP contribution in [0.25, 0.3) is 0 Å². The number of nitrogens with one attached hydrogen (secondary N) is 2. The number of anilines is 3. The van der Waals surface area contributed by atoms with Gasteiger partial charge in [0.2, 0.25) is 5.95 Å². The Morgan fingerprint density at radius 3 is 2.68 bits per heavy atom. The summed E-state index contributed by atoms with van der Waals surface area (Å²) in [6.45, 7) is 2.61. The van der Waals surface area contributed by atoms with Crippen molar-refractivity contribution in [1.29, 1.82) is 0 Å². The van der Waals surface area contributed by atoms with Crippen LogP contribution in [-0.4, -0.2) is 21.7 Å². The van der Waals surface area contributed by atoms with Gasteiger partial charge in [-0.05, 0) is 54.8 Å². The van der Waals surface area contributed by atoms with E-state index in [0.717, 1.165) is 23.2 Å². The second-order valence-corrected chi connectivity index (χ2v) is 5.99. The molecule has 0 radical (unpaired) electrons. The van der Waals surface area contributed by atoms with Gasteiger partial charge in [-0.2, -0.15) is 10.1 Å². The second kappa shape index (κ2) is 7.90. The largest absolute Gasteiger partial charge is 0.368 e. The number of aryl methyl sites for hydroxylation is 1. The highest BCUT2D eigenvalue weighted by Gasteiger charge is 2.04. The summed E-state index contributed by atoms with van der Waals surface area (Å²) in [5.41, 5.74) is 2.91. The van der Waals surface area contributed by atoms with Crippen molar-refractivity contribution in [2.45, 2.75) is 13.3 Å². The van der Waals surface area contributed by atoms with Gasteiger partial charge in [0.1, 0.15) is 5.82 Å². The average molecular weight is 358 g/mol. The maximum absolute atomic E-state index is 12.9. The van der Waals surface area contributed by atoms with E-state index < -0.39 is 0 Å². The molecule has 0 fully saturated rings. The number of hydrogen-bond acceptors (Lipinski definition) is 5. The summed E-state index contributed by atoms with van der Waals surface area (Å²) >= 11 is 5.96. The van der Waals surface area contributed by atoms with Crippen LogP contribution in [0.1, 0.15) is 11.1 Å². The number of aromatic nitrogens is 3. The smallest absolute Gasteiger partial charge is 0.249 e. The van der Waals surface area contributed by atoms with Gasteiger partial charge >= 0.3 is 0 Å². The van der Waals surface area contributed by atoms with Crippen molar-refractivity contribution in [1.82, 2.24) is 15.2 Å². The SMILES string of the molecule is Cc1cc(Cl)ccc1Nc1nncc(NCCc2ccc(F)cc2)n1. The van der Waals surface area contributed by atoms with E-state index in [1.165, 1.54) is 12.1 Å². The molecule has 0 amide bonds. The van der Waals surface area contributed by atoms with Gasteiger partial charge in [-0.15, -0.1) is 5.10 Å². The first-order valence-electron chi connectivity index (χ1n) is 7.81. The Labute approximate surface area is 150 Å². The van der Waals surface area contributed by atoms with Crippen molar-refractivity contribution in [3.05, 3.63) is 70.6 Å². The molecule has 3 rings (SSSR count). The number of benzene rings is 2. The fraction of sp³-hybridized carbons (Fsp3) is 0.167. The van der Waals surface area contributed by atoms with E-state index in [1.54, 1.807) is 24.4 Å². The quantitative estimate of drug-likeness (QED) is 0.685. The van der Waals surface area contributed by atoms with Crippen LogP contribution in [-0.2, 0) is 6.42 Å². The summed E-state index contributed by atoms with van der Waals surface area (Å²) in [5, 5.41) is 14.9. The van der Waals surface area contributed by atoms with Crippen LogP contribution in [0.2, 0.25) is 5.02 Å². The third kappa shape index (κ3) is 4.87. The average Bonchev–Trinajstić information content (AvgIpc) is 2.60. The van der Waals surface area contributed by atoms with E-state index >= 15 is 0 Å². The monoisotopic (exact) mass is 357 g/mol. The Kier molecular flexibility index (Phi) is 5.40. The summed E-state index contributed by atoms with van der Waals surface area (Å²) in [6, 6.07) is 12.0. The minimum Gasteiger partial charge on any atom is -0.368 e. The van der Waals surface area contributed by atoms with Crippen molar-refractivity contribution >= 4 is 29.1 Å². The second-order valence-electron chi connectivity index (χ2n) is 5.55. The van der Waals surface area contributed by atoms with Gasteiger partial charge in [0.05, 0.1) is 6.20 Å². The molecule has 3 aromatic rings. The Morgan fingerprint density at radius 2 is 1.92 bits per heavy atom. The van der Waals surface area contributed by atoms with Gasteiger partial charge in [-0.3, -0.25) is 0 Å². The lowest BCUT2D eigenvalue weighted by atomic mass is 10.1. The number of halogens is 2. The molecule has 0 aliphatic rings. The molecular weight excluding hydrogens is 341 g/mol. The van der Waals surface area contributed by atoms with Crippen LogP contribution in [0, 0.1) is 12.7 Å². The molecule has 25 heavy (non-hydrogen) atoms. The molecule has 2 aromatic carbocycles. The molecule has 0 saturated carbocycles. The first kappa shape index (κ1) is 17.1. The Hall–Kier alpha value is -2.73. The lowest BCUT2D eigenvalue weighted by Crippen LogP contribution is -2.09. The molecule has 0 unspecified atom stereocenters. The zero-order chi connectivity index (χ0) is 17.6. The van der Waals surface area contributed by atoms with E-state index in [4.69, 9.17) is 11.6 Å². The Bertz CT molecular complexity index is 854. The van der Waals surface area contributed by atoms with Crippen molar-refractivity contribution in [3.63, 3.8) is 0 Å². The van der Waals surface area contributed by atoms with E-state index in [9.17, 15) is 4.39 Å². The summed E-state index contributed by atoms with van der Waals surface area (Å²) in [4.78, 5) is 4.39. The van der Waals surface area contributed by atoms with Gasteiger partial charge in [0.15, 0.2) is 5.82 Å². The lowest BCUT2D eigenvalue weighted by molar-refractivity contribution is 0.627. The summed E-state index contributed by atoms with van der Waals surface area (Å²) < 4.78 is 12.9. The molecule has 7 heteroatoms. The highest BCUT2D eigenvalue weighted by molar-refractivity contribution is 6.30. The number of hydrogen-bond donors (Lipinski definition) is 2. The molecule has 0 spiro atoms. The first-order chi connectivity index (χ1) is 12.1. The minimum atomic E-state index is -0.232. The molecule has 5 nitrogen and oxygen atoms in total. The molecule has 1 heterocycles. The third-order valence-electron chi connectivity index (χ3n) is 3.63. The molecule has 0 bridgehead atoms. The van der Waals surface area contributed by atoms with Crippen molar-refractivity contribution in [2.24, 2.45) is 0 Å². The molecule has 128 valence electrons. The molecule has 0 aliphatic heterocycles. The summed E-state index contributed by atoms with van der Waals surface area (Å²) in [7, 11) is 0. The van der Waals surface area contributed by atoms with Crippen LogP contribution in [0.3, 0.4) is 0 Å². The summed E-state index contributed by atoms with van der Waals surface area (Å²) in [5.74, 6) is 0.786. The highest BCUT2D eigenvalue weighted by Crippen LogP contribution is 2.22. The highest BCUT2D eigenvalue weighted by atomic mass is 35.5. The van der Waals surface area contributed by atoms with Crippen molar-refractivity contribution in [2.75, 3.05) is 17.2 Å². The van der Waals surface area contributed by atoms with Crippen LogP contribution < -0.4 is 10.6 Å². The third-order valence-corrected chi connectivity index (χ3v) is 3.86. The maximum atomic E-state index is 12.9. The first-order valence-corrected chi connectivity index (χ1v) is 8.19. The number of rotatable bonds is 6. The lowest BCUT2D eigenvalue weighted by Gasteiger charge is -2.09. The predicted octanol–water partition coefficient (Wildman–Crippen LogP) is 4.37. The Morgan fingerprint density at radius 1 is 1.12 bits per heavy atom. The Balaban J connectivity index is 1.60. The maximum Gasteiger partial charge on any atom is 0.249 e. The minimum absolute atomic E-state index is 0.232. The molecule has 1 aromatic heterocycles. The van der Waals surface area contributed by atoms with Gasteiger partial charge in [-0.25, -0.2) is 4.39 Å². The number of nitrogens with zero attached hydrogens (tertiary/aromatic N) is 3. The normalized spacial score (nSPS) is 10.5. The predicted molar refractivity (Wildman–Crippen MR) is 97.9 cm³/mol. The van der Waals surface area contributed by atoms with Crippen LogP contribution in [0.15, 0.2) is 48.7 Å². The van der Waals surface area contributed by atoms with Crippen LogP contribution >= 0.6 is 11.6 Å². The van der Waals surface area contributed by atoms with E-state index in [1.807, 2.05) is 19.1 Å². The van der Waals surface area contributed by atoms with Gasteiger partial charge < -0.3 is 10.6 Å². The fourth-order valence-electron chi connectivity index (χ4n) is 2.32. The standard InChI is InChI=1S/C18H17ClFN5/c1-12-10-14(19)4-7-16(12)23-18-24-17(11-22-25-18)21-9-8-13-2-5-15(20)6-3-13/h2-7,10-11H,8-9H2,1H3,(H2,21,23,24,25). The van der Waals surface area contributed by atoms with Crippen molar-refractivity contribution in [3.8, 4) is 0 Å². The molecule has 0 saturated heterocycles. The van der Waals surface area contributed by atoms with Gasteiger partial charge in [0.25, 0.3) is 0 Å². The molecule has 0 aliphatic carbocycles. The molecule has 2 N–H and O–H groups in total. The summed E-state index contributed by atoms with van der Waals surface area (Å²) in [6.07, 6.45) is 2.31. The fourth-order valence-corrected chi connectivity index (χ4v) is 2.54. The molecular formula is C18H17ClFN5. The van der Waals surface area contributed by atoms with E-state index in [2.05, 4.69) is 25.8 Å². The van der Waals surface area contributed by atoms with Crippen LogP contribution in [0.4, 0.5) is 21.8 Å². The van der Waals surface area contributed by atoms with Crippen molar-refractivity contribution < 1.29 is 4.39 Å². The van der Waals surface area contributed by atoms with Gasteiger partial charge in [-0.1, -0.05) is 23.7 Å². The topological polar surface area (TPSA) is 62.7 Å². The van der Waals surface area contributed by atoms with E-state index in [-0.39, 0.29) is 5.82 Å². The van der Waals surface area contributed by atoms with Crippen LogP contribution in [0.5, 0.6) is 0 Å². The van der Waals surface area contributed by atoms with Gasteiger partial charge in [0, 0.05) is 17.3 Å².